The van der Waals surface area contributed by atoms with E-state index in [-0.39, 0.29) is 6.04 Å². The second kappa shape index (κ2) is 6.95. The van der Waals surface area contributed by atoms with E-state index in [2.05, 4.69) is 18.8 Å². The molecule has 1 rings (SSSR count). The number of hydrogen-bond donors (Lipinski definition) is 1. The van der Waals surface area contributed by atoms with Gasteiger partial charge in [-0.2, -0.15) is 0 Å². The summed E-state index contributed by atoms with van der Waals surface area (Å²) in [6, 6.07) is 5.86. The van der Waals surface area contributed by atoms with Crippen LogP contribution < -0.4 is 5.32 Å². The first-order valence-corrected chi connectivity index (χ1v) is 6.20. The van der Waals surface area contributed by atoms with Crippen molar-refractivity contribution in [2.45, 2.75) is 25.8 Å². The zero-order valence-corrected chi connectivity index (χ0v) is 11.0. The first-order chi connectivity index (χ1) is 7.65. The molecule has 0 aliphatic carbocycles. The van der Waals surface area contributed by atoms with Crippen molar-refractivity contribution in [2.24, 2.45) is 0 Å². The van der Waals surface area contributed by atoms with Crippen LogP contribution >= 0.6 is 23.2 Å². The van der Waals surface area contributed by atoms with Gasteiger partial charge in [-0.1, -0.05) is 35.3 Å². The summed E-state index contributed by atoms with van der Waals surface area (Å²) < 4.78 is 0. The summed E-state index contributed by atoms with van der Waals surface area (Å²) in [6.45, 7) is 6.76. The summed E-state index contributed by atoms with van der Waals surface area (Å²) in [4.78, 5) is 0. The van der Waals surface area contributed by atoms with Crippen LogP contribution in [0.1, 0.15) is 31.4 Å². The largest absolute Gasteiger partial charge is 0.310 e. The van der Waals surface area contributed by atoms with Gasteiger partial charge in [0.1, 0.15) is 0 Å². The van der Waals surface area contributed by atoms with E-state index < -0.39 is 0 Å². The zero-order valence-electron chi connectivity index (χ0n) is 9.47. The van der Waals surface area contributed by atoms with Crippen LogP contribution in [0, 0.1) is 0 Å². The number of nitrogens with one attached hydrogen (secondary N) is 1. The van der Waals surface area contributed by atoms with Crippen molar-refractivity contribution < 1.29 is 0 Å². The summed E-state index contributed by atoms with van der Waals surface area (Å²) in [7, 11) is 0. The van der Waals surface area contributed by atoms with Crippen molar-refractivity contribution in [3.8, 4) is 0 Å². The lowest BCUT2D eigenvalue weighted by molar-refractivity contribution is 0.561. The van der Waals surface area contributed by atoms with Gasteiger partial charge in [0.05, 0.1) is 0 Å². The van der Waals surface area contributed by atoms with Crippen LogP contribution in [0.15, 0.2) is 30.9 Å². The van der Waals surface area contributed by atoms with E-state index in [0.29, 0.717) is 5.02 Å². The molecule has 1 aromatic rings. The van der Waals surface area contributed by atoms with Gasteiger partial charge in [-0.15, -0.1) is 6.58 Å². The van der Waals surface area contributed by atoms with Crippen LogP contribution in [0.25, 0.3) is 0 Å². The standard InChI is InChI=1S/C13H17Cl2N/c1-3-4-5-8-16-10(2)12-7-6-11(14)9-13(12)15/h3,6-7,9-10,16H,1,4-5,8H2,2H3. The second-order valence-electron chi connectivity index (χ2n) is 3.77. The molecule has 0 aromatic heterocycles. The topological polar surface area (TPSA) is 12.0 Å². The monoisotopic (exact) mass is 257 g/mol. The third-order valence-electron chi connectivity index (χ3n) is 2.46. The van der Waals surface area contributed by atoms with Gasteiger partial charge in [-0.05, 0) is 44.0 Å². The summed E-state index contributed by atoms with van der Waals surface area (Å²) in [6.07, 6.45) is 4.06. The maximum atomic E-state index is 6.12. The summed E-state index contributed by atoms with van der Waals surface area (Å²) in [5.74, 6) is 0. The van der Waals surface area contributed by atoms with Crippen molar-refractivity contribution in [2.75, 3.05) is 6.54 Å². The number of halogens is 2. The van der Waals surface area contributed by atoms with Gasteiger partial charge < -0.3 is 5.32 Å². The molecule has 0 aliphatic heterocycles. The van der Waals surface area contributed by atoms with Gasteiger partial charge in [0.15, 0.2) is 0 Å². The minimum atomic E-state index is 0.245. The van der Waals surface area contributed by atoms with E-state index in [1.807, 2.05) is 18.2 Å². The lowest BCUT2D eigenvalue weighted by atomic mass is 10.1. The van der Waals surface area contributed by atoms with Crippen LogP contribution in [0.4, 0.5) is 0 Å². The molecule has 0 amide bonds. The fourth-order valence-corrected chi connectivity index (χ4v) is 2.10. The normalized spacial score (nSPS) is 12.4. The highest BCUT2D eigenvalue weighted by Gasteiger charge is 2.08. The first kappa shape index (κ1) is 13.6. The molecule has 0 bridgehead atoms. The molecule has 1 atom stereocenters. The van der Waals surface area contributed by atoms with Crippen LogP contribution in [0.5, 0.6) is 0 Å². The van der Waals surface area contributed by atoms with Gasteiger partial charge in [0.2, 0.25) is 0 Å². The highest BCUT2D eigenvalue weighted by atomic mass is 35.5. The average molecular weight is 258 g/mol. The first-order valence-electron chi connectivity index (χ1n) is 5.44. The van der Waals surface area contributed by atoms with Gasteiger partial charge in [-0.25, -0.2) is 0 Å². The molecular weight excluding hydrogens is 241 g/mol. The molecule has 3 heteroatoms. The molecule has 0 spiro atoms. The quantitative estimate of drug-likeness (QED) is 0.580. The second-order valence-corrected chi connectivity index (χ2v) is 4.62. The highest BCUT2D eigenvalue weighted by molar-refractivity contribution is 6.35. The van der Waals surface area contributed by atoms with E-state index in [1.54, 1.807) is 6.07 Å². The van der Waals surface area contributed by atoms with Crippen molar-refractivity contribution in [3.63, 3.8) is 0 Å². The minimum Gasteiger partial charge on any atom is -0.310 e. The molecule has 16 heavy (non-hydrogen) atoms. The molecule has 88 valence electrons. The van der Waals surface area contributed by atoms with Gasteiger partial charge in [0, 0.05) is 16.1 Å². The molecule has 1 unspecified atom stereocenters. The van der Waals surface area contributed by atoms with E-state index in [4.69, 9.17) is 23.2 Å². The Morgan fingerprint density at radius 3 is 2.81 bits per heavy atom. The maximum absolute atomic E-state index is 6.12. The smallest absolute Gasteiger partial charge is 0.0468 e. The molecule has 0 aliphatic rings. The molecule has 1 nitrogen and oxygen atoms in total. The Morgan fingerprint density at radius 1 is 1.44 bits per heavy atom. The third kappa shape index (κ3) is 4.17. The Balaban J connectivity index is 2.52. The number of benzene rings is 1. The Bertz CT molecular complexity index is 350. The highest BCUT2D eigenvalue weighted by Crippen LogP contribution is 2.25. The summed E-state index contributed by atoms with van der Waals surface area (Å²) >= 11 is 12.0. The number of rotatable bonds is 6. The molecule has 1 aromatic carbocycles. The van der Waals surface area contributed by atoms with Crippen molar-refractivity contribution in [1.82, 2.24) is 5.32 Å². The Morgan fingerprint density at radius 2 is 2.19 bits per heavy atom. The molecule has 0 saturated heterocycles. The molecule has 0 fully saturated rings. The fourth-order valence-electron chi connectivity index (χ4n) is 1.53. The SMILES string of the molecule is C=CCCCNC(C)c1ccc(Cl)cc1Cl. The maximum Gasteiger partial charge on any atom is 0.0468 e. The molecule has 0 saturated carbocycles. The van der Waals surface area contributed by atoms with Gasteiger partial charge >= 0.3 is 0 Å². The fraction of sp³-hybridized carbons (Fsp3) is 0.385. The molecular formula is C13H17Cl2N. The Kier molecular flexibility index (Phi) is 5.89. The van der Waals surface area contributed by atoms with Crippen LogP contribution in [-0.4, -0.2) is 6.54 Å². The number of hydrogen-bond acceptors (Lipinski definition) is 1. The van der Waals surface area contributed by atoms with Crippen LogP contribution in [0.2, 0.25) is 10.0 Å². The van der Waals surface area contributed by atoms with Crippen molar-refractivity contribution >= 4 is 23.2 Å². The van der Waals surface area contributed by atoms with E-state index in [9.17, 15) is 0 Å². The number of allylic oxidation sites excluding steroid dienone is 1. The predicted molar refractivity (Wildman–Crippen MR) is 72.3 cm³/mol. The Hall–Kier alpha value is -0.500. The zero-order chi connectivity index (χ0) is 12.0. The number of unbranched alkanes of at least 4 members (excludes halogenated alkanes) is 1. The van der Waals surface area contributed by atoms with E-state index >= 15 is 0 Å². The summed E-state index contributed by atoms with van der Waals surface area (Å²) in [5, 5.41) is 4.81. The molecule has 0 radical (unpaired) electrons. The van der Waals surface area contributed by atoms with Crippen molar-refractivity contribution in [3.05, 3.63) is 46.5 Å². The lowest BCUT2D eigenvalue weighted by Crippen LogP contribution is -2.19. The predicted octanol–water partition coefficient (Wildman–Crippen LogP) is 4.61. The minimum absolute atomic E-state index is 0.245. The van der Waals surface area contributed by atoms with Crippen molar-refractivity contribution in [1.29, 1.82) is 0 Å². The van der Waals surface area contributed by atoms with Crippen LogP contribution in [0.3, 0.4) is 0 Å². The average Bonchev–Trinajstić information content (AvgIpc) is 2.24. The molecule has 1 N–H and O–H groups in total. The molecule has 0 heterocycles. The van der Waals surface area contributed by atoms with Gasteiger partial charge in [-0.3, -0.25) is 0 Å². The Labute approximate surface area is 107 Å². The third-order valence-corrected chi connectivity index (χ3v) is 3.03. The summed E-state index contributed by atoms with van der Waals surface area (Å²) in [5.41, 5.74) is 1.09. The van der Waals surface area contributed by atoms with Crippen LogP contribution in [-0.2, 0) is 0 Å². The van der Waals surface area contributed by atoms with E-state index in [0.717, 1.165) is 30.0 Å². The lowest BCUT2D eigenvalue weighted by Gasteiger charge is -2.15. The van der Waals surface area contributed by atoms with Gasteiger partial charge in [0.25, 0.3) is 0 Å². The van der Waals surface area contributed by atoms with E-state index in [1.165, 1.54) is 0 Å².